The first-order valence-corrected chi connectivity index (χ1v) is 28.2. The third-order valence-corrected chi connectivity index (χ3v) is 17.5. The SMILES string of the molecule is CC(C)(C)c1c2ccc(N(c3ccccc3)c3ccc(-c4ccc5c(c4)C(C)(C)c4ccccc4-5)cc3)cc2c(C(C)(C)C)c2ccc(N(c3ccccc3)c3ccc(-c4ccc5c(c4)C(C)(C)C4=C5C=CCC4)cc3)cc12. The van der Waals surface area contributed by atoms with Gasteiger partial charge < -0.3 is 9.80 Å². The van der Waals surface area contributed by atoms with Crippen molar-refractivity contribution in [2.45, 2.75) is 104 Å². The number of anilines is 6. The van der Waals surface area contributed by atoms with Crippen LogP contribution in [0.25, 0.3) is 60.5 Å². The van der Waals surface area contributed by atoms with Gasteiger partial charge in [-0.05, 0) is 202 Å². The highest BCUT2D eigenvalue weighted by Crippen LogP contribution is 2.53. The smallest absolute Gasteiger partial charge is 0.0468 e. The van der Waals surface area contributed by atoms with Crippen molar-refractivity contribution in [2.75, 3.05) is 9.80 Å². The first-order valence-electron chi connectivity index (χ1n) is 28.2. The maximum absolute atomic E-state index is 2.48. The third kappa shape index (κ3) is 8.06. The van der Waals surface area contributed by atoms with Crippen LogP contribution in [0.5, 0.6) is 0 Å². The van der Waals surface area contributed by atoms with Gasteiger partial charge in [0.1, 0.15) is 0 Å². The van der Waals surface area contributed by atoms with Crippen LogP contribution in [-0.2, 0) is 21.7 Å². The first kappa shape index (κ1) is 49.4. The zero-order valence-corrected chi connectivity index (χ0v) is 47.1. The fourth-order valence-corrected chi connectivity index (χ4v) is 13.8. The summed E-state index contributed by atoms with van der Waals surface area (Å²) in [5.74, 6) is 0. The highest BCUT2D eigenvalue weighted by Gasteiger charge is 2.38. The molecule has 0 saturated heterocycles. The Bertz CT molecular complexity index is 4060. The number of hydrogen-bond acceptors (Lipinski definition) is 2. The van der Waals surface area contributed by atoms with Crippen LogP contribution in [0.15, 0.2) is 224 Å². The van der Waals surface area contributed by atoms with E-state index in [1.165, 1.54) is 93.9 Å². The summed E-state index contributed by atoms with van der Waals surface area (Å²) >= 11 is 0. The Hall–Kier alpha value is -8.20. The lowest BCUT2D eigenvalue weighted by Gasteiger charge is -2.33. The Balaban J connectivity index is 0.907. The summed E-state index contributed by atoms with van der Waals surface area (Å²) in [4.78, 5) is 4.86. The van der Waals surface area contributed by atoms with Crippen molar-refractivity contribution >= 4 is 61.2 Å². The van der Waals surface area contributed by atoms with Crippen molar-refractivity contribution in [3.8, 4) is 33.4 Å². The minimum Gasteiger partial charge on any atom is -0.310 e. The van der Waals surface area contributed by atoms with E-state index in [1.54, 1.807) is 5.57 Å². The van der Waals surface area contributed by atoms with Gasteiger partial charge in [-0.15, -0.1) is 0 Å². The lowest BCUT2D eigenvalue weighted by molar-refractivity contribution is 0.593. The number of fused-ring (bicyclic) bond motifs is 7. The molecule has 0 N–H and O–H groups in total. The van der Waals surface area contributed by atoms with Crippen LogP contribution in [0, 0.1) is 0 Å². The summed E-state index contributed by atoms with van der Waals surface area (Å²) in [5.41, 5.74) is 25.4. The maximum Gasteiger partial charge on any atom is 0.0468 e. The van der Waals surface area contributed by atoms with Crippen molar-refractivity contribution in [3.63, 3.8) is 0 Å². The molecule has 13 rings (SSSR count). The number of rotatable bonds is 8. The molecule has 0 bridgehead atoms. The topological polar surface area (TPSA) is 6.48 Å². The molecule has 0 aromatic heterocycles. The van der Waals surface area contributed by atoms with Gasteiger partial charge in [-0.2, -0.15) is 0 Å². The summed E-state index contributed by atoms with van der Waals surface area (Å²) in [6.07, 6.45) is 6.97. The Morgan fingerprint density at radius 3 is 1.26 bits per heavy atom. The molecular formula is C76H70N2. The highest BCUT2D eigenvalue weighted by atomic mass is 15.1. The molecule has 0 fully saturated rings. The molecule has 0 saturated carbocycles. The minimum atomic E-state index is -0.175. The summed E-state index contributed by atoms with van der Waals surface area (Å²) < 4.78 is 0. The van der Waals surface area contributed by atoms with Gasteiger partial charge >= 0.3 is 0 Å². The van der Waals surface area contributed by atoms with Crippen LogP contribution < -0.4 is 9.80 Å². The second-order valence-corrected chi connectivity index (χ2v) is 25.3. The molecule has 3 aliphatic carbocycles. The largest absolute Gasteiger partial charge is 0.310 e. The Morgan fingerprint density at radius 2 is 0.756 bits per heavy atom. The fraction of sp³-hybridized carbons (Fsp3) is 0.211. The first-order chi connectivity index (χ1) is 37.5. The normalized spacial score (nSPS) is 15.1. The van der Waals surface area contributed by atoms with E-state index in [1.807, 2.05) is 0 Å². The summed E-state index contributed by atoms with van der Waals surface area (Å²) in [6.45, 7) is 23.8. The molecule has 384 valence electrons. The van der Waals surface area contributed by atoms with Gasteiger partial charge in [0.05, 0.1) is 0 Å². The molecule has 3 aliphatic rings. The predicted octanol–water partition coefficient (Wildman–Crippen LogP) is 21.6. The molecular weight excluding hydrogens is 941 g/mol. The lowest BCUT2D eigenvalue weighted by Crippen LogP contribution is -2.18. The number of nitrogens with zero attached hydrogens (tertiary/aromatic N) is 2. The Morgan fingerprint density at radius 1 is 0.346 bits per heavy atom. The minimum absolute atomic E-state index is 0.0322. The van der Waals surface area contributed by atoms with E-state index in [9.17, 15) is 0 Å². The van der Waals surface area contributed by atoms with E-state index in [0.29, 0.717) is 0 Å². The molecule has 0 spiro atoms. The fourth-order valence-electron chi connectivity index (χ4n) is 13.8. The molecule has 10 aromatic carbocycles. The zero-order chi connectivity index (χ0) is 53.9. The standard InChI is InChI=1S/C76H70N2/c1-73(2,3)71-63-43-39-58(78(54-23-15-12-16-24-54)56-37-31-50(32-38-56)52-34-42-62-60-26-18-20-28-68(60)76(9,10)70(62)46-52)48-66(63)72(74(4,5)6)64-44-40-57(47-65(64)71)77(53-21-13-11-14-22-53)55-35-29-49(30-36-55)51-33-41-61-59-25-17-19-27-67(59)75(7,8)69(61)45-51/h11-19,21-27,29-48H,20,28H2,1-10H3. The van der Waals surface area contributed by atoms with Crippen LogP contribution in [0.4, 0.5) is 34.1 Å². The highest BCUT2D eigenvalue weighted by molar-refractivity contribution is 6.10. The second-order valence-electron chi connectivity index (χ2n) is 25.3. The second kappa shape index (κ2) is 18.2. The van der Waals surface area contributed by atoms with Crippen LogP contribution in [0.3, 0.4) is 0 Å². The lowest BCUT2D eigenvalue weighted by atomic mass is 9.74. The molecule has 10 aromatic rings. The van der Waals surface area contributed by atoms with Gasteiger partial charge in [-0.25, -0.2) is 0 Å². The number of benzene rings is 10. The number of hydrogen-bond donors (Lipinski definition) is 0. The van der Waals surface area contributed by atoms with E-state index in [0.717, 1.165) is 47.0 Å². The average molecular weight is 1010 g/mol. The van der Waals surface area contributed by atoms with Crippen molar-refractivity contribution in [3.05, 3.63) is 257 Å². The Labute approximate surface area is 463 Å². The monoisotopic (exact) mass is 1010 g/mol. The van der Waals surface area contributed by atoms with Crippen LogP contribution in [-0.4, -0.2) is 0 Å². The van der Waals surface area contributed by atoms with E-state index >= 15 is 0 Å². The van der Waals surface area contributed by atoms with Gasteiger partial charge in [-0.3, -0.25) is 0 Å². The van der Waals surface area contributed by atoms with Gasteiger partial charge in [0, 0.05) is 45.0 Å². The van der Waals surface area contributed by atoms with Crippen LogP contribution >= 0.6 is 0 Å². The number of allylic oxidation sites excluding steroid dienone is 4. The maximum atomic E-state index is 2.48. The number of para-hydroxylation sites is 2. The molecule has 0 atom stereocenters. The van der Waals surface area contributed by atoms with Crippen molar-refractivity contribution in [1.82, 2.24) is 0 Å². The quantitative estimate of drug-likeness (QED) is 0.140. The summed E-state index contributed by atoms with van der Waals surface area (Å²) in [6, 6.07) is 77.7. The summed E-state index contributed by atoms with van der Waals surface area (Å²) in [7, 11) is 0. The van der Waals surface area contributed by atoms with Crippen molar-refractivity contribution in [2.24, 2.45) is 0 Å². The summed E-state index contributed by atoms with van der Waals surface area (Å²) in [5, 5.41) is 5.18. The third-order valence-electron chi connectivity index (χ3n) is 17.5. The average Bonchev–Trinajstić information content (AvgIpc) is 3.91. The van der Waals surface area contributed by atoms with Gasteiger partial charge in [0.25, 0.3) is 0 Å². The van der Waals surface area contributed by atoms with E-state index < -0.39 is 0 Å². The van der Waals surface area contributed by atoms with E-state index in [-0.39, 0.29) is 21.7 Å². The van der Waals surface area contributed by atoms with Crippen molar-refractivity contribution in [1.29, 1.82) is 0 Å². The van der Waals surface area contributed by atoms with Crippen LogP contribution in [0.1, 0.15) is 115 Å². The molecule has 0 unspecified atom stereocenters. The zero-order valence-electron chi connectivity index (χ0n) is 47.1. The molecule has 0 radical (unpaired) electrons. The molecule has 2 nitrogen and oxygen atoms in total. The van der Waals surface area contributed by atoms with E-state index in [4.69, 9.17) is 0 Å². The van der Waals surface area contributed by atoms with E-state index in [2.05, 4.69) is 297 Å². The van der Waals surface area contributed by atoms with Crippen LogP contribution in [0.2, 0.25) is 0 Å². The molecule has 0 aliphatic heterocycles. The van der Waals surface area contributed by atoms with Gasteiger partial charge in [0.2, 0.25) is 0 Å². The predicted molar refractivity (Wildman–Crippen MR) is 335 cm³/mol. The van der Waals surface area contributed by atoms with Gasteiger partial charge in [-0.1, -0.05) is 208 Å². The Kier molecular flexibility index (Phi) is 11.5. The molecule has 0 amide bonds. The molecule has 2 heteroatoms. The molecule has 78 heavy (non-hydrogen) atoms. The van der Waals surface area contributed by atoms with Gasteiger partial charge in [0.15, 0.2) is 0 Å². The van der Waals surface area contributed by atoms with Crippen molar-refractivity contribution < 1.29 is 0 Å². The molecule has 0 heterocycles.